The van der Waals surface area contributed by atoms with E-state index >= 15 is 0 Å². The number of benzene rings is 1. The second-order valence-electron chi connectivity index (χ2n) is 3.84. The van der Waals surface area contributed by atoms with Crippen molar-refractivity contribution in [3.63, 3.8) is 0 Å². The van der Waals surface area contributed by atoms with Gasteiger partial charge in [-0.15, -0.1) is 0 Å². The van der Waals surface area contributed by atoms with Gasteiger partial charge < -0.3 is 15.3 Å². The summed E-state index contributed by atoms with van der Waals surface area (Å²) >= 11 is 0. The minimum Gasteiger partial charge on any atom is -0.481 e. The molecule has 0 aromatic heterocycles. The molecule has 1 rings (SSSR count). The van der Waals surface area contributed by atoms with E-state index in [1.54, 1.807) is 13.0 Å². The third-order valence-corrected chi connectivity index (χ3v) is 2.51. The maximum atomic E-state index is 10.6. The van der Waals surface area contributed by atoms with Gasteiger partial charge in [-0.1, -0.05) is 18.2 Å². The van der Waals surface area contributed by atoms with Crippen LogP contribution in [0.3, 0.4) is 0 Å². The fourth-order valence-electron chi connectivity index (χ4n) is 1.53. The quantitative estimate of drug-likeness (QED) is 0.655. The number of hydrogen-bond donors (Lipinski definition) is 3. The van der Waals surface area contributed by atoms with Crippen molar-refractivity contribution >= 4 is 12.3 Å². The van der Waals surface area contributed by atoms with E-state index in [0.717, 1.165) is 0 Å². The van der Waals surface area contributed by atoms with Crippen molar-refractivity contribution in [1.82, 2.24) is 0 Å². The molecule has 2 unspecified atom stereocenters. The molecule has 0 radical (unpaired) electrons. The molecule has 3 N–H and O–H groups in total. The van der Waals surface area contributed by atoms with Gasteiger partial charge in [0.1, 0.15) is 12.4 Å². The summed E-state index contributed by atoms with van der Waals surface area (Å²) in [5.41, 5.74) is 1.55. The molecule has 0 aliphatic heterocycles. The average Bonchev–Trinajstić information content (AvgIpc) is 2.27. The van der Waals surface area contributed by atoms with E-state index in [4.69, 9.17) is 5.11 Å². The Morgan fingerprint density at radius 2 is 2.06 bits per heavy atom. The first-order chi connectivity index (χ1) is 7.95. The Morgan fingerprint density at radius 3 is 2.53 bits per heavy atom. The van der Waals surface area contributed by atoms with E-state index in [9.17, 15) is 19.8 Å². The van der Waals surface area contributed by atoms with Crippen molar-refractivity contribution in [3.05, 3.63) is 34.9 Å². The minimum absolute atomic E-state index is 0.391. The Balaban J connectivity index is 2.89. The van der Waals surface area contributed by atoms with Crippen molar-refractivity contribution in [2.75, 3.05) is 0 Å². The van der Waals surface area contributed by atoms with Gasteiger partial charge in [0.2, 0.25) is 0 Å². The molecule has 92 valence electrons. The number of aliphatic carboxylic acids is 1. The number of carbonyl (C=O) groups is 2. The van der Waals surface area contributed by atoms with Gasteiger partial charge >= 0.3 is 5.97 Å². The highest BCUT2D eigenvalue weighted by molar-refractivity contribution is 5.77. The molecular formula is C12H14O5. The molecule has 1 aromatic carbocycles. The van der Waals surface area contributed by atoms with Crippen LogP contribution in [0.15, 0.2) is 18.2 Å². The fourth-order valence-corrected chi connectivity index (χ4v) is 1.53. The molecule has 0 aliphatic carbocycles. The number of carboxylic acids is 1. The summed E-state index contributed by atoms with van der Waals surface area (Å²) in [6.07, 6.45) is -2.48. The standard InChI is InChI=1S/C12H14O5/c1-7-4-8(2-3-9(7)6-13)12(17)10(14)5-11(15)16/h2-4,6,10,12,14,17H,5H2,1H3,(H,15,16). The van der Waals surface area contributed by atoms with E-state index in [2.05, 4.69) is 0 Å². The van der Waals surface area contributed by atoms with Crippen molar-refractivity contribution in [2.45, 2.75) is 25.6 Å². The smallest absolute Gasteiger partial charge is 0.306 e. The molecule has 0 aliphatic rings. The van der Waals surface area contributed by atoms with Crippen molar-refractivity contribution < 1.29 is 24.9 Å². The van der Waals surface area contributed by atoms with Gasteiger partial charge in [0.15, 0.2) is 0 Å². The summed E-state index contributed by atoms with van der Waals surface area (Å²) in [5.74, 6) is -1.18. The zero-order valence-electron chi connectivity index (χ0n) is 9.33. The number of carbonyl (C=O) groups excluding carboxylic acids is 1. The summed E-state index contributed by atoms with van der Waals surface area (Å²) in [6.45, 7) is 1.70. The first-order valence-electron chi connectivity index (χ1n) is 5.09. The highest BCUT2D eigenvalue weighted by atomic mass is 16.4. The summed E-state index contributed by atoms with van der Waals surface area (Å²) in [5, 5.41) is 27.7. The zero-order chi connectivity index (χ0) is 13.0. The number of carboxylic acid groups (broad SMARTS) is 1. The molecule has 17 heavy (non-hydrogen) atoms. The number of aliphatic hydroxyl groups is 2. The Labute approximate surface area is 98.3 Å². The predicted octanol–water partition coefficient (Wildman–Crippen LogP) is 0.677. The van der Waals surface area contributed by atoms with E-state index in [1.165, 1.54) is 12.1 Å². The molecule has 0 amide bonds. The summed E-state index contributed by atoms with van der Waals surface area (Å²) in [6, 6.07) is 4.57. The van der Waals surface area contributed by atoms with Crippen molar-refractivity contribution in [2.24, 2.45) is 0 Å². The van der Waals surface area contributed by atoms with Gasteiger partial charge in [-0.05, 0) is 18.1 Å². The maximum Gasteiger partial charge on any atom is 0.306 e. The molecule has 0 saturated heterocycles. The SMILES string of the molecule is Cc1cc(C(O)C(O)CC(=O)O)ccc1C=O. The lowest BCUT2D eigenvalue weighted by molar-refractivity contribution is -0.141. The largest absolute Gasteiger partial charge is 0.481 e. The van der Waals surface area contributed by atoms with Crippen LogP contribution in [-0.4, -0.2) is 33.7 Å². The number of hydrogen-bond acceptors (Lipinski definition) is 4. The predicted molar refractivity (Wildman–Crippen MR) is 59.8 cm³/mol. The van der Waals surface area contributed by atoms with Crippen LogP contribution in [0.25, 0.3) is 0 Å². The van der Waals surface area contributed by atoms with Gasteiger partial charge in [0, 0.05) is 5.56 Å². The Morgan fingerprint density at radius 1 is 1.41 bits per heavy atom. The van der Waals surface area contributed by atoms with Crippen LogP contribution in [0.2, 0.25) is 0 Å². The highest BCUT2D eigenvalue weighted by Gasteiger charge is 2.21. The minimum atomic E-state index is -1.37. The lowest BCUT2D eigenvalue weighted by Crippen LogP contribution is -2.21. The Kier molecular flexibility index (Phi) is 4.37. The van der Waals surface area contributed by atoms with E-state index in [-0.39, 0.29) is 0 Å². The fraction of sp³-hybridized carbons (Fsp3) is 0.333. The van der Waals surface area contributed by atoms with Crippen LogP contribution in [0.1, 0.15) is 34.0 Å². The second-order valence-corrected chi connectivity index (χ2v) is 3.84. The van der Waals surface area contributed by atoms with E-state index in [0.29, 0.717) is 23.0 Å². The molecule has 1 aromatic rings. The highest BCUT2D eigenvalue weighted by Crippen LogP contribution is 2.21. The van der Waals surface area contributed by atoms with Crippen LogP contribution in [0.5, 0.6) is 0 Å². The van der Waals surface area contributed by atoms with Gasteiger partial charge in [-0.2, -0.15) is 0 Å². The molecular weight excluding hydrogens is 224 g/mol. The van der Waals surface area contributed by atoms with Crippen molar-refractivity contribution in [3.8, 4) is 0 Å². The van der Waals surface area contributed by atoms with Gasteiger partial charge in [0.05, 0.1) is 12.5 Å². The number of rotatable bonds is 5. The number of aryl methyl sites for hydroxylation is 1. The van der Waals surface area contributed by atoms with Crippen LogP contribution in [-0.2, 0) is 4.79 Å². The van der Waals surface area contributed by atoms with Crippen LogP contribution < -0.4 is 0 Å². The van der Waals surface area contributed by atoms with Gasteiger partial charge in [-0.25, -0.2) is 0 Å². The Hall–Kier alpha value is -1.72. The summed E-state index contributed by atoms with van der Waals surface area (Å²) in [4.78, 5) is 21.0. The maximum absolute atomic E-state index is 10.6. The molecule has 0 fully saturated rings. The third kappa shape index (κ3) is 3.37. The topological polar surface area (TPSA) is 94.8 Å². The number of aldehydes is 1. The Bertz CT molecular complexity index is 427. The number of aliphatic hydroxyl groups excluding tert-OH is 2. The summed E-state index contributed by atoms with van der Waals surface area (Å²) in [7, 11) is 0. The summed E-state index contributed by atoms with van der Waals surface area (Å²) < 4.78 is 0. The normalized spacial score (nSPS) is 14.1. The molecule has 0 heterocycles. The second kappa shape index (κ2) is 5.56. The molecule has 0 saturated carbocycles. The molecule has 0 bridgehead atoms. The molecule has 0 spiro atoms. The van der Waals surface area contributed by atoms with Crippen LogP contribution in [0, 0.1) is 6.92 Å². The van der Waals surface area contributed by atoms with Crippen LogP contribution >= 0.6 is 0 Å². The monoisotopic (exact) mass is 238 g/mol. The van der Waals surface area contributed by atoms with Gasteiger partial charge in [-0.3, -0.25) is 9.59 Å². The van der Waals surface area contributed by atoms with Crippen LogP contribution in [0.4, 0.5) is 0 Å². The molecule has 5 nitrogen and oxygen atoms in total. The lowest BCUT2D eigenvalue weighted by atomic mass is 9.98. The first-order valence-corrected chi connectivity index (χ1v) is 5.09. The van der Waals surface area contributed by atoms with E-state index in [1.807, 2.05) is 0 Å². The lowest BCUT2D eigenvalue weighted by Gasteiger charge is -2.17. The molecule has 2 atom stereocenters. The molecule has 5 heteroatoms. The average molecular weight is 238 g/mol. The van der Waals surface area contributed by atoms with E-state index < -0.39 is 24.6 Å². The first kappa shape index (κ1) is 13.3. The zero-order valence-corrected chi connectivity index (χ0v) is 9.33. The van der Waals surface area contributed by atoms with Crippen molar-refractivity contribution in [1.29, 1.82) is 0 Å². The third-order valence-electron chi connectivity index (χ3n) is 2.51. The van der Waals surface area contributed by atoms with Gasteiger partial charge in [0.25, 0.3) is 0 Å².